The number of amides is 1. The number of carboxylic acids is 1. The van der Waals surface area contributed by atoms with Crippen molar-refractivity contribution in [2.75, 3.05) is 0 Å². The summed E-state index contributed by atoms with van der Waals surface area (Å²) in [6, 6.07) is 2.82. The van der Waals surface area contributed by atoms with Crippen molar-refractivity contribution in [1.82, 2.24) is 10.3 Å². The Balaban J connectivity index is 1.94. The van der Waals surface area contributed by atoms with E-state index < -0.39 is 12.0 Å². The lowest BCUT2D eigenvalue weighted by Crippen LogP contribution is -2.42. The number of carbonyl (C=O) groups excluding carboxylic acids is 1. The van der Waals surface area contributed by atoms with Crippen LogP contribution in [-0.2, 0) is 16.0 Å². The number of aliphatic carboxylic acids is 1. The van der Waals surface area contributed by atoms with Gasteiger partial charge in [0, 0.05) is 5.38 Å². The summed E-state index contributed by atoms with van der Waals surface area (Å²) in [5.74, 6) is 0.117. The van der Waals surface area contributed by atoms with Crippen molar-refractivity contribution in [3.05, 3.63) is 29.0 Å². The van der Waals surface area contributed by atoms with E-state index >= 15 is 0 Å². The highest BCUT2D eigenvalue weighted by Gasteiger charge is 2.23. The minimum atomic E-state index is -1.01. The highest BCUT2D eigenvalue weighted by molar-refractivity contribution is 7.13. The Morgan fingerprint density at radius 3 is 2.64 bits per heavy atom. The van der Waals surface area contributed by atoms with Gasteiger partial charge in [0.2, 0.25) is 5.91 Å². The lowest BCUT2D eigenvalue weighted by Gasteiger charge is -2.21. The first-order valence-corrected chi connectivity index (χ1v) is 9.05. The number of carbonyl (C=O) groups is 2. The molecule has 0 saturated carbocycles. The zero-order chi connectivity index (χ0) is 18.6. The highest BCUT2D eigenvalue weighted by atomic mass is 32.1. The molecule has 1 atom stereocenters. The van der Waals surface area contributed by atoms with Crippen molar-refractivity contribution in [3.8, 4) is 10.8 Å². The van der Waals surface area contributed by atoms with E-state index in [1.165, 1.54) is 11.3 Å². The summed E-state index contributed by atoms with van der Waals surface area (Å²) in [6.45, 7) is 7.98. The molecular formula is C18H24N2O4S. The van der Waals surface area contributed by atoms with Crippen molar-refractivity contribution in [2.45, 2.75) is 53.0 Å². The minimum absolute atomic E-state index is 0.0173. The van der Waals surface area contributed by atoms with Crippen LogP contribution in [0.25, 0.3) is 10.8 Å². The summed E-state index contributed by atoms with van der Waals surface area (Å²) in [4.78, 5) is 27.9. The molecule has 7 heteroatoms. The van der Waals surface area contributed by atoms with Gasteiger partial charge in [0.05, 0.1) is 12.1 Å². The summed E-state index contributed by atoms with van der Waals surface area (Å²) in [5.41, 5.74) is 0.621. The molecule has 2 N–H and O–H groups in total. The number of thiazole rings is 1. The van der Waals surface area contributed by atoms with Gasteiger partial charge in [-0.05, 0) is 37.3 Å². The molecule has 0 aliphatic heterocycles. The number of carboxylic acid groups (broad SMARTS) is 1. The Morgan fingerprint density at radius 2 is 2.08 bits per heavy atom. The molecule has 0 aliphatic carbocycles. The summed E-state index contributed by atoms with van der Waals surface area (Å²) in [7, 11) is 0. The van der Waals surface area contributed by atoms with Gasteiger partial charge in [-0.1, -0.05) is 20.8 Å². The lowest BCUT2D eigenvalue weighted by molar-refractivity contribution is -0.142. The largest absolute Gasteiger partial charge is 0.480 e. The molecule has 0 spiro atoms. The average molecular weight is 364 g/mol. The Labute approximate surface area is 151 Å². The highest BCUT2D eigenvalue weighted by Crippen LogP contribution is 2.26. The molecule has 0 radical (unpaired) electrons. The molecule has 1 amide bonds. The second kappa shape index (κ2) is 7.82. The molecule has 25 heavy (non-hydrogen) atoms. The van der Waals surface area contributed by atoms with Crippen molar-refractivity contribution in [2.24, 2.45) is 5.41 Å². The molecule has 2 aromatic heterocycles. The molecule has 2 rings (SSSR count). The minimum Gasteiger partial charge on any atom is -0.480 e. The van der Waals surface area contributed by atoms with E-state index in [0.717, 1.165) is 5.76 Å². The van der Waals surface area contributed by atoms with E-state index in [1.807, 2.05) is 39.8 Å². The zero-order valence-electron chi connectivity index (χ0n) is 15.0. The third kappa shape index (κ3) is 6.01. The average Bonchev–Trinajstić information content (AvgIpc) is 3.11. The monoisotopic (exact) mass is 364 g/mol. The first kappa shape index (κ1) is 19.2. The Bertz CT molecular complexity index is 742. The standard InChI is InChI=1S/C18H24N2O4S/c1-11-5-6-14(24-11)16-19-12(10-25-16)9-15(21)20-13(17(22)23)7-8-18(2,3)4/h5-6,10,13H,7-9H2,1-4H3,(H,20,21)(H,22,23). The van der Waals surface area contributed by atoms with Crippen molar-refractivity contribution in [3.63, 3.8) is 0 Å². The van der Waals surface area contributed by atoms with Gasteiger partial charge in [-0.25, -0.2) is 9.78 Å². The smallest absolute Gasteiger partial charge is 0.326 e. The first-order valence-electron chi connectivity index (χ1n) is 8.17. The summed E-state index contributed by atoms with van der Waals surface area (Å²) >= 11 is 1.40. The third-order valence-corrected chi connectivity index (χ3v) is 4.57. The van der Waals surface area contributed by atoms with Crippen LogP contribution in [-0.4, -0.2) is 28.0 Å². The zero-order valence-corrected chi connectivity index (χ0v) is 15.8. The fourth-order valence-corrected chi connectivity index (χ4v) is 3.07. The fourth-order valence-electron chi connectivity index (χ4n) is 2.30. The predicted octanol–water partition coefficient (Wildman–Crippen LogP) is 3.65. The molecule has 0 aliphatic rings. The topological polar surface area (TPSA) is 92.4 Å². The van der Waals surface area contributed by atoms with Crippen LogP contribution in [0, 0.1) is 12.3 Å². The normalized spacial score (nSPS) is 12.8. The maximum Gasteiger partial charge on any atom is 0.326 e. The van der Waals surface area contributed by atoms with Gasteiger partial charge in [-0.3, -0.25) is 4.79 Å². The molecule has 2 heterocycles. The molecule has 0 aromatic carbocycles. The van der Waals surface area contributed by atoms with Gasteiger partial charge in [-0.2, -0.15) is 0 Å². The second-order valence-corrected chi connectivity index (χ2v) is 8.15. The van der Waals surface area contributed by atoms with Crippen molar-refractivity contribution >= 4 is 23.2 Å². The van der Waals surface area contributed by atoms with Crippen LogP contribution in [0.3, 0.4) is 0 Å². The Hall–Kier alpha value is -2.15. The number of rotatable bonds is 7. The van der Waals surface area contributed by atoms with Crippen LogP contribution < -0.4 is 5.32 Å². The number of nitrogens with zero attached hydrogens (tertiary/aromatic N) is 1. The second-order valence-electron chi connectivity index (χ2n) is 7.29. The quantitative estimate of drug-likeness (QED) is 0.782. The van der Waals surface area contributed by atoms with E-state index in [9.17, 15) is 14.7 Å². The maximum absolute atomic E-state index is 12.2. The molecule has 0 saturated heterocycles. The fraction of sp³-hybridized carbons (Fsp3) is 0.500. The Kier molecular flexibility index (Phi) is 6.00. The van der Waals surface area contributed by atoms with E-state index in [1.54, 1.807) is 5.38 Å². The van der Waals surface area contributed by atoms with E-state index in [0.29, 0.717) is 29.3 Å². The van der Waals surface area contributed by atoms with Crippen LogP contribution in [0.4, 0.5) is 0 Å². The number of hydrogen-bond donors (Lipinski definition) is 2. The van der Waals surface area contributed by atoms with Crippen molar-refractivity contribution < 1.29 is 19.1 Å². The SMILES string of the molecule is Cc1ccc(-c2nc(CC(=O)NC(CCC(C)(C)C)C(=O)O)cs2)o1. The molecule has 6 nitrogen and oxygen atoms in total. The van der Waals surface area contributed by atoms with Gasteiger partial charge in [0.25, 0.3) is 0 Å². The van der Waals surface area contributed by atoms with Gasteiger partial charge >= 0.3 is 5.97 Å². The summed E-state index contributed by atoms with van der Waals surface area (Å²) in [6.07, 6.45) is 1.16. The van der Waals surface area contributed by atoms with E-state index in [4.69, 9.17) is 4.42 Å². The van der Waals surface area contributed by atoms with Crippen LogP contribution in [0.1, 0.15) is 45.1 Å². The Morgan fingerprint density at radius 1 is 1.36 bits per heavy atom. The predicted molar refractivity (Wildman–Crippen MR) is 96.5 cm³/mol. The van der Waals surface area contributed by atoms with Gasteiger partial charge in [-0.15, -0.1) is 11.3 Å². The molecule has 0 fully saturated rings. The summed E-state index contributed by atoms with van der Waals surface area (Å²) in [5, 5.41) is 14.4. The van der Waals surface area contributed by atoms with Crippen molar-refractivity contribution in [1.29, 1.82) is 0 Å². The number of aromatic nitrogens is 1. The van der Waals surface area contributed by atoms with E-state index in [2.05, 4.69) is 10.3 Å². The number of aryl methyl sites for hydroxylation is 1. The molecular weight excluding hydrogens is 340 g/mol. The lowest BCUT2D eigenvalue weighted by atomic mass is 9.88. The van der Waals surface area contributed by atoms with Crippen LogP contribution in [0.2, 0.25) is 0 Å². The number of hydrogen-bond acceptors (Lipinski definition) is 5. The molecule has 136 valence electrons. The van der Waals surface area contributed by atoms with Crippen LogP contribution in [0.15, 0.2) is 21.9 Å². The number of furan rings is 1. The van der Waals surface area contributed by atoms with Crippen LogP contribution >= 0.6 is 11.3 Å². The summed E-state index contributed by atoms with van der Waals surface area (Å²) < 4.78 is 5.52. The molecule has 1 unspecified atom stereocenters. The molecule has 2 aromatic rings. The third-order valence-electron chi connectivity index (χ3n) is 3.66. The van der Waals surface area contributed by atoms with Gasteiger partial charge < -0.3 is 14.8 Å². The van der Waals surface area contributed by atoms with Gasteiger partial charge in [0.15, 0.2) is 10.8 Å². The van der Waals surface area contributed by atoms with E-state index in [-0.39, 0.29) is 17.7 Å². The molecule has 0 bridgehead atoms. The van der Waals surface area contributed by atoms with Crippen LogP contribution in [0.5, 0.6) is 0 Å². The number of nitrogens with one attached hydrogen (secondary N) is 1. The van der Waals surface area contributed by atoms with Gasteiger partial charge in [0.1, 0.15) is 11.8 Å². The first-order chi connectivity index (χ1) is 11.6. The maximum atomic E-state index is 12.2.